The zero-order valence-corrected chi connectivity index (χ0v) is 18.4. The molecule has 0 bridgehead atoms. The first-order valence-electron chi connectivity index (χ1n) is 7.82. The van der Waals surface area contributed by atoms with Crippen molar-refractivity contribution in [3.05, 3.63) is 36.4 Å². The van der Waals surface area contributed by atoms with E-state index in [-0.39, 0.29) is 5.56 Å². The van der Waals surface area contributed by atoms with E-state index in [2.05, 4.69) is 6.58 Å². The maximum Gasteiger partial charge on any atom is 0.471 e. The summed E-state index contributed by atoms with van der Waals surface area (Å²) < 4.78 is 213. The van der Waals surface area contributed by atoms with E-state index in [1.54, 1.807) is 0 Å². The first-order chi connectivity index (χ1) is 15.2. The van der Waals surface area contributed by atoms with Crippen molar-refractivity contribution in [1.29, 1.82) is 0 Å². The van der Waals surface area contributed by atoms with Crippen molar-refractivity contribution in [2.45, 2.75) is 27.9 Å². The molecule has 35 heavy (non-hydrogen) atoms. The van der Waals surface area contributed by atoms with Crippen molar-refractivity contribution < 1.29 is 73.5 Å². The van der Waals surface area contributed by atoms with Crippen LogP contribution in [-0.4, -0.2) is 53.1 Å². The van der Waals surface area contributed by atoms with Crippen molar-refractivity contribution >= 4 is 41.8 Å². The highest BCUT2D eigenvalue weighted by atomic mass is 32.3. The Labute approximate surface area is 188 Å². The number of nitrogens with one attached hydrogen (secondary N) is 2. The molecule has 0 radical (unpaired) electrons. The molecule has 0 saturated carbocycles. The smallest absolute Gasteiger partial charge is 0.278 e. The largest absolute Gasteiger partial charge is 0.471 e. The van der Waals surface area contributed by atoms with Crippen molar-refractivity contribution in [2.24, 2.45) is 0 Å². The van der Waals surface area contributed by atoms with E-state index in [0.717, 1.165) is 18.2 Å². The molecule has 2 N–H and O–H groups in total. The fraction of sp³-hybridized carbons (Fsp3) is 0.385. The second kappa shape index (κ2) is 8.73. The van der Waals surface area contributed by atoms with E-state index in [1.165, 1.54) is 0 Å². The van der Waals surface area contributed by atoms with Crippen LogP contribution in [0.5, 0.6) is 0 Å². The van der Waals surface area contributed by atoms with Crippen LogP contribution >= 0.6 is 0 Å². The third-order valence-corrected chi connectivity index (χ3v) is 8.72. The Bertz CT molecular complexity index is 1290. The van der Waals surface area contributed by atoms with Gasteiger partial charge >= 0.3 is 37.9 Å². The fourth-order valence-corrected chi connectivity index (χ4v) is 5.68. The predicted molar refractivity (Wildman–Crippen MR) is 95.9 cm³/mol. The summed E-state index contributed by atoms with van der Waals surface area (Å²) in [5.41, 5.74) is -0.756. The Morgan fingerprint density at radius 2 is 1.00 bits per heavy atom. The van der Waals surface area contributed by atoms with Gasteiger partial charge in [0, 0.05) is 5.69 Å². The maximum absolute atomic E-state index is 14.0. The molecule has 202 valence electrons. The van der Waals surface area contributed by atoms with Crippen LogP contribution in [0.2, 0.25) is 0 Å². The van der Waals surface area contributed by atoms with Gasteiger partial charge < -0.3 is 0 Å². The number of anilines is 1. The van der Waals surface area contributed by atoms with E-state index in [1.807, 2.05) is 0 Å². The third kappa shape index (κ3) is 5.05. The van der Waals surface area contributed by atoms with Crippen molar-refractivity contribution in [2.75, 3.05) is 4.72 Å². The summed E-state index contributed by atoms with van der Waals surface area (Å²) in [6.45, 7) is 3.25. The van der Waals surface area contributed by atoms with E-state index in [0.29, 0.717) is 16.9 Å². The second-order valence-electron chi connectivity index (χ2n) is 6.14. The summed E-state index contributed by atoms with van der Waals surface area (Å²) in [6, 6.07) is 3.17. The Morgan fingerprint density at radius 1 is 0.629 bits per heavy atom. The average Bonchev–Trinajstić information content (AvgIpc) is 2.65. The molecule has 0 amide bonds. The molecule has 0 aliphatic heterocycles. The van der Waals surface area contributed by atoms with E-state index >= 15 is 0 Å². The average molecular weight is 594 g/mol. The first kappa shape index (κ1) is 30.8. The molecule has 0 unspecified atom stereocenters. The summed E-state index contributed by atoms with van der Waals surface area (Å²) in [4.78, 5) is 0. The number of hydrogen-bond donors (Lipinski definition) is 2. The van der Waals surface area contributed by atoms with Gasteiger partial charge in [0.1, 0.15) is 0 Å². The molecule has 0 spiro atoms. The number of rotatable bonds is 10. The summed E-state index contributed by atoms with van der Waals surface area (Å²) in [5, 5.41) is -22.0. The van der Waals surface area contributed by atoms with E-state index < -0.39 is 67.7 Å². The van der Waals surface area contributed by atoms with Crippen LogP contribution in [0.25, 0.3) is 6.08 Å². The highest BCUT2D eigenvalue weighted by Gasteiger charge is 2.83. The van der Waals surface area contributed by atoms with Gasteiger partial charge in [-0.25, -0.2) is 16.8 Å². The number of hydrogen-bond acceptors (Lipinski definition) is 6. The molecule has 0 aliphatic carbocycles. The van der Waals surface area contributed by atoms with Gasteiger partial charge in [0.25, 0.3) is 20.0 Å². The molecule has 0 aromatic heterocycles. The fourth-order valence-electron chi connectivity index (χ4n) is 1.81. The van der Waals surface area contributed by atoms with Crippen LogP contribution in [0.4, 0.5) is 54.0 Å². The Morgan fingerprint density at radius 3 is 1.37 bits per heavy atom. The van der Waals surface area contributed by atoms with Crippen LogP contribution in [0.3, 0.4) is 0 Å². The van der Waals surface area contributed by atoms with Crippen molar-refractivity contribution in [1.82, 2.24) is 4.13 Å². The topological polar surface area (TPSA) is 126 Å². The second-order valence-corrected chi connectivity index (χ2v) is 11.6. The van der Waals surface area contributed by atoms with Crippen LogP contribution in [0.1, 0.15) is 5.56 Å². The lowest BCUT2D eigenvalue weighted by Crippen LogP contribution is -2.65. The summed E-state index contributed by atoms with van der Waals surface area (Å²) in [7, 11) is -23.0. The zero-order valence-electron chi connectivity index (χ0n) is 15.9. The molecular formula is C13H9F11N2O6S3. The number of alkyl halides is 11. The third-order valence-electron chi connectivity index (χ3n) is 3.69. The Balaban J connectivity index is 3.51. The monoisotopic (exact) mass is 594 g/mol. The van der Waals surface area contributed by atoms with Gasteiger partial charge in [-0.15, -0.1) is 0 Å². The normalized spacial score (nSPS) is 15.1. The summed E-state index contributed by atoms with van der Waals surface area (Å²) >= 11 is 0. The van der Waals surface area contributed by atoms with Crippen LogP contribution in [0.15, 0.2) is 30.8 Å². The van der Waals surface area contributed by atoms with Crippen molar-refractivity contribution in [3.8, 4) is 0 Å². The van der Waals surface area contributed by atoms with Gasteiger partial charge in [-0.05, 0) is 17.7 Å². The van der Waals surface area contributed by atoms with Crippen molar-refractivity contribution in [3.63, 3.8) is 0 Å². The Kier molecular flexibility index (Phi) is 7.69. The molecular weight excluding hydrogens is 585 g/mol. The van der Waals surface area contributed by atoms with E-state index in [9.17, 15) is 73.5 Å². The molecule has 0 saturated heterocycles. The minimum absolute atomic E-state index is 0.214. The van der Waals surface area contributed by atoms with Gasteiger partial charge in [-0.3, -0.25) is 4.72 Å². The van der Waals surface area contributed by atoms with Gasteiger partial charge in [-0.1, -0.05) is 28.9 Å². The highest BCUT2D eigenvalue weighted by Crippen LogP contribution is 2.51. The first-order valence-corrected chi connectivity index (χ1v) is 12.3. The molecule has 1 rings (SSSR count). The maximum atomic E-state index is 14.0. The van der Waals surface area contributed by atoms with Gasteiger partial charge in [0.2, 0.25) is 0 Å². The van der Waals surface area contributed by atoms with Crippen LogP contribution in [0, 0.1) is 0 Å². The van der Waals surface area contributed by atoms with Crippen LogP contribution in [-0.2, 0) is 30.1 Å². The molecule has 0 atom stereocenters. The molecule has 22 heteroatoms. The predicted octanol–water partition coefficient (Wildman–Crippen LogP) is 3.30. The standard InChI is InChI=1S/C13H9F11N2O6S3/c1-2-7-3-5-8(6-4-7)25-33(27,28)11(19,20)9(14,15)12(21,22)34(29,30)26-35(31,32)13(23,24)10(16,17)18/h2-6,25-26H,1H2. The van der Waals surface area contributed by atoms with Gasteiger partial charge in [0.15, 0.2) is 0 Å². The SMILES string of the molecule is C=Cc1ccc(NS(=O)(=O)C(F)(F)C(F)(F)C(F)(F)S(=O)(=O)NS(=O)(=O)C(F)(F)C(F)(F)F)cc1. The Hall–Kier alpha value is -2.20. The summed E-state index contributed by atoms with van der Waals surface area (Å²) in [6.07, 6.45) is -6.06. The molecule has 8 nitrogen and oxygen atoms in total. The molecule has 1 aromatic rings. The zero-order chi connectivity index (χ0) is 28.1. The van der Waals surface area contributed by atoms with E-state index in [4.69, 9.17) is 0 Å². The lowest BCUT2D eigenvalue weighted by molar-refractivity contribution is -0.244. The molecule has 0 fully saturated rings. The van der Waals surface area contributed by atoms with Crippen LogP contribution < -0.4 is 8.85 Å². The highest BCUT2D eigenvalue weighted by molar-refractivity contribution is 8.05. The van der Waals surface area contributed by atoms with Gasteiger partial charge in [-0.2, -0.15) is 56.7 Å². The summed E-state index contributed by atoms with van der Waals surface area (Å²) in [5.74, 6) is -7.66. The number of halogens is 11. The minimum atomic E-state index is -8.13. The molecule has 1 aromatic carbocycles. The number of benzene rings is 1. The lowest BCUT2D eigenvalue weighted by atomic mass is 10.2. The number of sulfonamides is 3. The minimum Gasteiger partial charge on any atom is -0.278 e. The van der Waals surface area contributed by atoms with Gasteiger partial charge in [0.05, 0.1) is 0 Å². The molecule has 0 aliphatic rings. The lowest BCUT2D eigenvalue weighted by Gasteiger charge is -2.32. The quantitative estimate of drug-likeness (QED) is 0.401. The molecule has 0 heterocycles.